The molecule has 1 fully saturated rings. The van der Waals surface area contributed by atoms with Gasteiger partial charge in [-0.2, -0.15) is 5.11 Å². The second kappa shape index (κ2) is 10.7. The molecule has 11 heteroatoms. The first-order chi connectivity index (χ1) is 18.7. The summed E-state index contributed by atoms with van der Waals surface area (Å²) < 4.78 is 34.7. The number of aryl methyl sites for hydroxylation is 1. The molecule has 2 aromatic carbocycles. The molecule has 4 aromatic rings. The summed E-state index contributed by atoms with van der Waals surface area (Å²) in [4.78, 5) is 17.3. The van der Waals surface area contributed by atoms with Gasteiger partial charge in [0.1, 0.15) is 29.0 Å². The van der Waals surface area contributed by atoms with Crippen LogP contribution in [-0.4, -0.2) is 38.7 Å². The van der Waals surface area contributed by atoms with Crippen LogP contribution in [-0.2, 0) is 18.2 Å². The number of nitrogens with one attached hydrogen (secondary N) is 2. The number of halogens is 3. The van der Waals surface area contributed by atoms with Crippen LogP contribution in [0.4, 0.5) is 8.78 Å². The molecule has 0 spiro atoms. The Balaban J connectivity index is 1.67. The molecule has 0 saturated carbocycles. The predicted molar refractivity (Wildman–Crippen MR) is 142 cm³/mol. The number of hydrogen-bond donors (Lipinski definition) is 3. The average molecular weight is 552 g/mol. The summed E-state index contributed by atoms with van der Waals surface area (Å²) in [7, 11) is 1.67. The van der Waals surface area contributed by atoms with Gasteiger partial charge in [-0.05, 0) is 41.8 Å². The summed E-state index contributed by atoms with van der Waals surface area (Å²) >= 11 is 6.34. The zero-order chi connectivity index (χ0) is 27.7. The van der Waals surface area contributed by atoms with Crippen molar-refractivity contribution in [3.8, 4) is 23.0 Å². The van der Waals surface area contributed by atoms with Crippen LogP contribution in [0, 0.1) is 29.0 Å². The van der Waals surface area contributed by atoms with Crippen LogP contribution in [0.5, 0.6) is 0 Å². The van der Waals surface area contributed by atoms with Gasteiger partial charge in [-0.3, -0.25) is 14.6 Å². The third-order valence-electron chi connectivity index (χ3n) is 6.74. The lowest BCUT2D eigenvalue weighted by Crippen LogP contribution is -2.34. The molecule has 0 bridgehead atoms. The zero-order valence-electron chi connectivity index (χ0n) is 20.9. The maximum Gasteiger partial charge on any atom is 0.273 e. The Bertz CT molecular complexity index is 1680. The minimum absolute atomic E-state index is 0.0147. The fourth-order valence-corrected chi connectivity index (χ4v) is 5.05. The molecule has 5 rings (SSSR count). The van der Waals surface area contributed by atoms with Gasteiger partial charge in [0.25, 0.3) is 5.56 Å². The molecule has 1 aliphatic heterocycles. The Kier molecular flexibility index (Phi) is 7.32. The van der Waals surface area contributed by atoms with Gasteiger partial charge in [-0.25, -0.2) is 19.3 Å². The molecule has 1 atom stereocenters. The highest BCUT2D eigenvalue weighted by Crippen LogP contribution is 2.36. The van der Waals surface area contributed by atoms with Crippen LogP contribution in [0.1, 0.15) is 35.8 Å². The van der Waals surface area contributed by atoms with E-state index in [0.29, 0.717) is 65.0 Å². The van der Waals surface area contributed by atoms with Gasteiger partial charge in [0.2, 0.25) is 0 Å². The first-order valence-electron chi connectivity index (χ1n) is 12.2. The lowest BCUT2D eigenvalue weighted by atomic mass is 9.93. The fraction of sp³-hybridized carbons (Fsp3) is 0.286. The van der Waals surface area contributed by atoms with Crippen molar-refractivity contribution in [3.63, 3.8) is 0 Å². The number of nitrogens with zero attached hydrogens (tertiary/aromatic N) is 3. The summed E-state index contributed by atoms with van der Waals surface area (Å²) in [5.74, 6) is 4.33. The highest BCUT2D eigenvalue weighted by Gasteiger charge is 2.28. The van der Waals surface area contributed by atoms with E-state index in [1.807, 2.05) is 0 Å². The van der Waals surface area contributed by atoms with E-state index in [-0.39, 0.29) is 17.0 Å². The smallest absolute Gasteiger partial charge is 0.273 e. The molecular formula is C28H24ClF2N5O3. The number of pyridine rings is 1. The quantitative estimate of drug-likeness (QED) is 0.237. The van der Waals surface area contributed by atoms with E-state index >= 15 is 0 Å². The standard InChI is InChI=1S/C28H24ClF2N5O3/c1-36-26-21(4-5-22(29)24(26)27(37)35-36)20-3-2-19(6-7-28(38)8-10-39-11-9-28)33-25(20)23(34-32)14-16-12-17(30)15-18(31)13-16/h2-5,12-13,15,23,32,38H,8-11,14H2,1H3,(H,35,37). The van der Waals surface area contributed by atoms with Crippen molar-refractivity contribution >= 4 is 22.5 Å². The molecule has 200 valence electrons. The largest absolute Gasteiger partial charge is 0.381 e. The molecule has 39 heavy (non-hydrogen) atoms. The van der Waals surface area contributed by atoms with Gasteiger partial charge in [0, 0.05) is 43.5 Å². The molecule has 0 aliphatic carbocycles. The Morgan fingerprint density at radius 1 is 1.21 bits per heavy atom. The van der Waals surface area contributed by atoms with E-state index in [9.17, 15) is 18.7 Å². The van der Waals surface area contributed by atoms with Gasteiger partial charge < -0.3 is 9.84 Å². The molecule has 1 aliphatic rings. The molecule has 0 amide bonds. The zero-order valence-corrected chi connectivity index (χ0v) is 21.6. The minimum atomic E-state index is -1.21. The third-order valence-corrected chi connectivity index (χ3v) is 7.05. The first kappa shape index (κ1) is 26.7. The van der Waals surface area contributed by atoms with Gasteiger partial charge >= 0.3 is 0 Å². The second-order valence-electron chi connectivity index (χ2n) is 9.47. The van der Waals surface area contributed by atoms with E-state index in [1.165, 1.54) is 12.1 Å². The van der Waals surface area contributed by atoms with E-state index in [1.54, 1.807) is 36.0 Å². The van der Waals surface area contributed by atoms with Crippen LogP contribution in [0.2, 0.25) is 5.02 Å². The van der Waals surface area contributed by atoms with Crippen molar-refractivity contribution in [2.75, 3.05) is 13.2 Å². The molecular weight excluding hydrogens is 528 g/mol. The van der Waals surface area contributed by atoms with Crippen LogP contribution in [0.15, 0.2) is 52.4 Å². The van der Waals surface area contributed by atoms with E-state index in [4.69, 9.17) is 26.9 Å². The number of H-pyrrole nitrogens is 1. The van der Waals surface area contributed by atoms with E-state index < -0.39 is 23.3 Å². The Labute approximate surface area is 227 Å². The first-order valence-corrected chi connectivity index (χ1v) is 12.6. The lowest BCUT2D eigenvalue weighted by molar-refractivity contribution is -0.0262. The number of rotatable bonds is 5. The Morgan fingerprint density at radius 3 is 2.59 bits per heavy atom. The van der Waals surface area contributed by atoms with Gasteiger partial charge in [-0.1, -0.05) is 23.6 Å². The summed E-state index contributed by atoms with van der Waals surface area (Å²) in [5, 5.41) is 17.8. The van der Waals surface area contributed by atoms with Gasteiger partial charge in [-0.15, -0.1) is 0 Å². The van der Waals surface area contributed by atoms with Crippen molar-refractivity contribution in [2.24, 2.45) is 12.2 Å². The maximum absolute atomic E-state index is 13.9. The van der Waals surface area contributed by atoms with Crippen molar-refractivity contribution in [2.45, 2.75) is 30.9 Å². The predicted octanol–water partition coefficient (Wildman–Crippen LogP) is 5.07. The number of hydrogen-bond acceptors (Lipinski definition) is 6. The van der Waals surface area contributed by atoms with Crippen molar-refractivity contribution in [1.29, 1.82) is 5.53 Å². The fourth-order valence-electron chi connectivity index (χ4n) is 4.81. The molecule has 3 N–H and O–H groups in total. The van der Waals surface area contributed by atoms with Crippen LogP contribution < -0.4 is 5.56 Å². The number of aromatic nitrogens is 3. The number of benzene rings is 2. The van der Waals surface area contributed by atoms with Crippen LogP contribution in [0.3, 0.4) is 0 Å². The van der Waals surface area contributed by atoms with E-state index in [2.05, 4.69) is 22.1 Å². The number of fused-ring (bicyclic) bond motifs is 1. The van der Waals surface area contributed by atoms with Gasteiger partial charge in [0.15, 0.2) is 0 Å². The van der Waals surface area contributed by atoms with Crippen LogP contribution in [0.25, 0.3) is 22.0 Å². The SMILES string of the molecule is Cn1[nH]c(=O)c2c(Cl)ccc(-c3ccc(C#CC4(O)CCOCC4)nc3C(Cc3cc(F)cc(F)c3)N=N)c21. The minimum Gasteiger partial charge on any atom is -0.381 e. The Hall–Kier alpha value is -3.91. The third kappa shape index (κ3) is 5.47. The molecule has 1 unspecified atom stereocenters. The topological polar surface area (TPSA) is 116 Å². The summed E-state index contributed by atoms with van der Waals surface area (Å²) in [6.07, 6.45) is 0.717. The van der Waals surface area contributed by atoms with Crippen molar-refractivity contribution in [3.05, 3.63) is 86.4 Å². The molecule has 0 radical (unpaired) electrons. The maximum atomic E-state index is 13.9. The van der Waals surface area contributed by atoms with Crippen molar-refractivity contribution < 1.29 is 18.6 Å². The highest BCUT2D eigenvalue weighted by atomic mass is 35.5. The molecule has 8 nitrogen and oxygen atoms in total. The lowest BCUT2D eigenvalue weighted by Gasteiger charge is -2.26. The van der Waals surface area contributed by atoms with E-state index in [0.717, 1.165) is 6.07 Å². The summed E-state index contributed by atoms with van der Waals surface area (Å²) in [5.41, 5.74) is 8.97. The average Bonchev–Trinajstić information content (AvgIpc) is 3.21. The monoisotopic (exact) mass is 551 g/mol. The normalized spacial score (nSPS) is 15.5. The number of aromatic amines is 1. The summed E-state index contributed by atoms with van der Waals surface area (Å²) in [6, 6.07) is 8.94. The van der Waals surface area contributed by atoms with Gasteiger partial charge in [0.05, 0.1) is 34.8 Å². The number of ether oxygens (including phenoxy) is 1. The molecule has 1 saturated heterocycles. The Morgan fingerprint density at radius 2 is 1.90 bits per heavy atom. The summed E-state index contributed by atoms with van der Waals surface area (Å²) in [6.45, 7) is 0.795. The molecule has 2 aromatic heterocycles. The second-order valence-corrected chi connectivity index (χ2v) is 9.88. The highest BCUT2D eigenvalue weighted by molar-refractivity contribution is 6.35. The van der Waals surface area contributed by atoms with Crippen molar-refractivity contribution in [1.82, 2.24) is 14.8 Å². The number of aliphatic hydroxyl groups is 1. The molecule has 3 heterocycles. The van der Waals surface area contributed by atoms with Crippen LogP contribution >= 0.6 is 11.6 Å².